The number of aromatic nitrogens is 1. The number of aliphatic imine (C=N–C) groups is 1. The van der Waals surface area contributed by atoms with Crippen molar-refractivity contribution in [3.05, 3.63) is 53.3 Å². The summed E-state index contributed by atoms with van der Waals surface area (Å²) in [5.41, 5.74) is 3.52. The molecule has 4 N–H and O–H groups in total. The van der Waals surface area contributed by atoms with Crippen molar-refractivity contribution in [2.24, 2.45) is 10.9 Å². The van der Waals surface area contributed by atoms with E-state index in [2.05, 4.69) is 20.9 Å². The van der Waals surface area contributed by atoms with Crippen molar-refractivity contribution in [3.63, 3.8) is 0 Å². The third kappa shape index (κ3) is 5.12. The fraction of sp³-hybridized carbons (Fsp3) is 0.455. The average molecular weight is 396 g/mol. The number of nitrogens with zero attached hydrogens (tertiary/aromatic N) is 2. The highest BCUT2D eigenvalue weighted by atomic mass is 16.5. The monoisotopic (exact) mass is 395 g/mol. The number of hydrogen-bond donors (Lipinski definition) is 4. The average Bonchev–Trinajstić information content (AvgIpc) is 2.74. The van der Waals surface area contributed by atoms with Crippen molar-refractivity contribution in [2.75, 3.05) is 26.2 Å². The Morgan fingerprint density at radius 1 is 1.17 bits per heavy atom. The fourth-order valence-electron chi connectivity index (χ4n) is 3.74. The van der Waals surface area contributed by atoms with Crippen molar-refractivity contribution in [1.82, 2.24) is 20.9 Å². The quantitative estimate of drug-likeness (QED) is 0.575. The van der Waals surface area contributed by atoms with Crippen LogP contribution >= 0.6 is 0 Å². The molecule has 0 radical (unpaired) electrons. The molecule has 2 aliphatic rings. The smallest absolute Gasteiger partial charge is 0.154 e. The number of nitrogens with one attached hydrogen (secondary N) is 3. The van der Waals surface area contributed by atoms with E-state index in [0.29, 0.717) is 18.3 Å². The third-order valence-corrected chi connectivity index (χ3v) is 5.46. The van der Waals surface area contributed by atoms with Gasteiger partial charge in [-0.3, -0.25) is 4.98 Å². The zero-order valence-electron chi connectivity index (χ0n) is 16.8. The molecule has 1 atom stereocenters. The minimum atomic E-state index is -0.815. The molecule has 1 fully saturated rings. The number of amidine groups is 1. The first-order valence-corrected chi connectivity index (χ1v) is 10.3. The number of fused-ring (bicyclic) bond motifs is 1. The maximum absolute atomic E-state index is 10.5. The molecule has 29 heavy (non-hydrogen) atoms. The van der Waals surface area contributed by atoms with E-state index in [-0.39, 0.29) is 6.61 Å². The van der Waals surface area contributed by atoms with Gasteiger partial charge in [0.15, 0.2) is 6.23 Å². The zero-order chi connectivity index (χ0) is 20.1. The van der Waals surface area contributed by atoms with Gasteiger partial charge in [0.25, 0.3) is 0 Å². The van der Waals surface area contributed by atoms with Crippen LogP contribution in [0.25, 0.3) is 0 Å². The SMILES string of the molecule is Cc1ccc(OCC2=Nc3c(ccnc3CNCC3CCNCC3)C(O)N2)cc1. The maximum atomic E-state index is 10.5. The van der Waals surface area contributed by atoms with E-state index in [1.807, 2.05) is 37.3 Å². The molecule has 1 aromatic carbocycles. The Labute approximate surface area is 171 Å². The van der Waals surface area contributed by atoms with E-state index in [4.69, 9.17) is 9.73 Å². The molecule has 7 heteroatoms. The highest BCUT2D eigenvalue weighted by Gasteiger charge is 2.23. The Balaban J connectivity index is 1.42. The van der Waals surface area contributed by atoms with Gasteiger partial charge in [-0.1, -0.05) is 17.7 Å². The van der Waals surface area contributed by atoms with Crippen LogP contribution in [0.15, 0.2) is 41.5 Å². The van der Waals surface area contributed by atoms with Gasteiger partial charge in [-0.05, 0) is 63.5 Å². The zero-order valence-corrected chi connectivity index (χ0v) is 16.8. The lowest BCUT2D eigenvalue weighted by atomic mass is 9.98. The minimum absolute atomic E-state index is 0.260. The first kappa shape index (κ1) is 19.8. The molecule has 7 nitrogen and oxygen atoms in total. The van der Waals surface area contributed by atoms with Gasteiger partial charge in [0, 0.05) is 18.3 Å². The summed E-state index contributed by atoms with van der Waals surface area (Å²) in [5.74, 6) is 2.07. The molecule has 3 heterocycles. The first-order chi connectivity index (χ1) is 14.2. The molecule has 4 rings (SSSR count). The van der Waals surface area contributed by atoms with E-state index < -0.39 is 6.23 Å². The standard InChI is InChI=1S/C22H29N5O2/c1-15-2-4-17(5-3-15)29-14-20-26-21-18(22(28)27-20)8-11-25-19(21)13-24-12-16-6-9-23-10-7-16/h2-5,8,11,16,22-24,28H,6-7,9-10,12-14H2,1H3,(H,26,27). The summed E-state index contributed by atoms with van der Waals surface area (Å²) in [6, 6.07) is 9.68. The van der Waals surface area contributed by atoms with Gasteiger partial charge in [-0.2, -0.15) is 0 Å². The molecular formula is C22H29N5O2. The number of benzene rings is 1. The van der Waals surface area contributed by atoms with Crippen molar-refractivity contribution in [1.29, 1.82) is 0 Å². The normalized spacial score (nSPS) is 19.2. The second-order valence-electron chi connectivity index (χ2n) is 7.73. The maximum Gasteiger partial charge on any atom is 0.154 e. The topological polar surface area (TPSA) is 90.8 Å². The van der Waals surface area contributed by atoms with Gasteiger partial charge in [-0.15, -0.1) is 0 Å². The highest BCUT2D eigenvalue weighted by molar-refractivity contribution is 5.89. The van der Waals surface area contributed by atoms with Gasteiger partial charge in [0.2, 0.25) is 0 Å². The molecule has 154 valence electrons. The van der Waals surface area contributed by atoms with Crippen LogP contribution in [-0.2, 0) is 6.54 Å². The minimum Gasteiger partial charge on any atom is -0.486 e. The molecule has 0 aliphatic carbocycles. The summed E-state index contributed by atoms with van der Waals surface area (Å²) in [7, 11) is 0. The predicted octanol–water partition coefficient (Wildman–Crippen LogP) is 2.18. The van der Waals surface area contributed by atoms with Crippen LogP contribution < -0.4 is 20.7 Å². The number of aliphatic hydroxyl groups excluding tert-OH is 1. The largest absolute Gasteiger partial charge is 0.486 e. The van der Waals surface area contributed by atoms with Crippen LogP contribution in [0.4, 0.5) is 5.69 Å². The van der Waals surface area contributed by atoms with Crippen LogP contribution in [0.5, 0.6) is 5.75 Å². The first-order valence-electron chi connectivity index (χ1n) is 10.3. The number of hydrogen-bond acceptors (Lipinski definition) is 7. The van der Waals surface area contributed by atoms with E-state index in [1.54, 1.807) is 6.20 Å². The van der Waals surface area contributed by atoms with E-state index in [0.717, 1.165) is 42.3 Å². The number of aryl methyl sites for hydroxylation is 1. The Hall–Kier alpha value is -2.48. The summed E-state index contributed by atoms with van der Waals surface area (Å²) in [4.78, 5) is 9.21. The molecular weight excluding hydrogens is 366 g/mol. The summed E-state index contributed by atoms with van der Waals surface area (Å²) in [6.07, 6.45) is 3.32. The molecule has 2 aliphatic heterocycles. The van der Waals surface area contributed by atoms with Gasteiger partial charge < -0.3 is 25.8 Å². The molecule has 1 aromatic heterocycles. The number of aliphatic hydroxyl groups is 1. The van der Waals surface area contributed by atoms with Crippen LogP contribution in [-0.4, -0.2) is 42.2 Å². The molecule has 1 unspecified atom stereocenters. The van der Waals surface area contributed by atoms with Gasteiger partial charge >= 0.3 is 0 Å². The lowest BCUT2D eigenvalue weighted by Gasteiger charge is -2.25. The fourth-order valence-corrected chi connectivity index (χ4v) is 3.74. The number of rotatable bonds is 7. The molecule has 0 spiro atoms. The Bertz CT molecular complexity index is 847. The lowest BCUT2D eigenvalue weighted by Crippen LogP contribution is -2.36. The summed E-state index contributed by atoms with van der Waals surface area (Å²) < 4.78 is 5.82. The van der Waals surface area contributed by atoms with Crippen LogP contribution in [0, 0.1) is 12.8 Å². The third-order valence-electron chi connectivity index (χ3n) is 5.46. The number of piperidine rings is 1. The van der Waals surface area contributed by atoms with Gasteiger partial charge in [0.1, 0.15) is 18.2 Å². The predicted molar refractivity (Wildman–Crippen MR) is 113 cm³/mol. The number of ether oxygens (including phenoxy) is 1. The van der Waals surface area contributed by atoms with Crippen molar-refractivity contribution >= 4 is 11.5 Å². The van der Waals surface area contributed by atoms with E-state index >= 15 is 0 Å². The van der Waals surface area contributed by atoms with Crippen molar-refractivity contribution < 1.29 is 9.84 Å². The van der Waals surface area contributed by atoms with Crippen LogP contribution in [0.2, 0.25) is 0 Å². The molecule has 0 bridgehead atoms. The van der Waals surface area contributed by atoms with Crippen LogP contribution in [0.1, 0.15) is 35.9 Å². The highest BCUT2D eigenvalue weighted by Crippen LogP contribution is 2.30. The van der Waals surface area contributed by atoms with Crippen molar-refractivity contribution in [3.8, 4) is 5.75 Å². The number of pyridine rings is 1. The Morgan fingerprint density at radius 2 is 1.97 bits per heavy atom. The molecule has 2 aromatic rings. The second kappa shape index (κ2) is 9.35. The Morgan fingerprint density at radius 3 is 2.76 bits per heavy atom. The molecule has 0 saturated carbocycles. The summed E-state index contributed by atoms with van der Waals surface area (Å²) >= 11 is 0. The van der Waals surface area contributed by atoms with E-state index in [1.165, 1.54) is 18.4 Å². The second-order valence-corrected chi connectivity index (χ2v) is 7.73. The summed E-state index contributed by atoms with van der Waals surface area (Å²) in [6.45, 7) is 6.10. The Kier molecular flexibility index (Phi) is 6.39. The lowest BCUT2D eigenvalue weighted by molar-refractivity contribution is 0.158. The van der Waals surface area contributed by atoms with Crippen LogP contribution in [0.3, 0.4) is 0 Å². The van der Waals surface area contributed by atoms with E-state index in [9.17, 15) is 5.11 Å². The summed E-state index contributed by atoms with van der Waals surface area (Å²) in [5, 5.41) is 20.4. The van der Waals surface area contributed by atoms with Gasteiger partial charge in [0.05, 0.1) is 11.4 Å². The molecule has 0 amide bonds. The van der Waals surface area contributed by atoms with Crippen molar-refractivity contribution in [2.45, 2.75) is 32.5 Å². The molecule has 1 saturated heterocycles. The van der Waals surface area contributed by atoms with Gasteiger partial charge in [-0.25, -0.2) is 4.99 Å².